The first-order valence-corrected chi connectivity index (χ1v) is 6.38. The van der Waals surface area contributed by atoms with Crippen LogP contribution in [0, 0.1) is 11.3 Å². The predicted molar refractivity (Wildman–Crippen MR) is 77.9 cm³/mol. The number of hydrogen-bond acceptors (Lipinski definition) is 8. The van der Waals surface area contributed by atoms with Crippen molar-refractivity contribution in [1.29, 1.82) is 5.26 Å². The lowest BCUT2D eigenvalue weighted by atomic mass is 10.2. The number of rotatable bonds is 6. The normalized spacial score (nSPS) is 9.76. The van der Waals surface area contributed by atoms with Crippen LogP contribution < -0.4 is 21.3 Å². The molecule has 0 saturated carbocycles. The van der Waals surface area contributed by atoms with Gasteiger partial charge < -0.3 is 10.1 Å². The molecule has 0 fully saturated rings. The van der Waals surface area contributed by atoms with E-state index in [1.54, 1.807) is 24.3 Å². The van der Waals surface area contributed by atoms with Crippen LogP contribution in [0.2, 0.25) is 0 Å². The van der Waals surface area contributed by atoms with E-state index >= 15 is 0 Å². The first-order valence-electron chi connectivity index (χ1n) is 6.38. The molecule has 21 heavy (non-hydrogen) atoms. The van der Waals surface area contributed by atoms with E-state index in [-0.39, 0.29) is 17.9 Å². The number of hydrazine groups is 1. The molecule has 8 heteroatoms. The lowest BCUT2D eigenvalue weighted by molar-refractivity contribution is 0.292. The quantitative estimate of drug-likeness (QED) is 0.540. The van der Waals surface area contributed by atoms with Gasteiger partial charge in [0.2, 0.25) is 11.9 Å². The maximum absolute atomic E-state index is 8.89. The van der Waals surface area contributed by atoms with Crippen LogP contribution in [0.1, 0.15) is 18.9 Å². The SMILES string of the molecule is CCCOc1nc(NN)nc(Nc2cccc(C#N)c2)n1. The maximum Gasteiger partial charge on any atom is 0.323 e. The van der Waals surface area contributed by atoms with E-state index < -0.39 is 0 Å². The summed E-state index contributed by atoms with van der Waals surface area (Å²) in [5, 5.41) is 11.9. The van der Waals surface area contributed by atoms with Crippen LogP contribution >= 0.6 is 0 Å². The summed E-state index contributed by atoms with van der Waals surface area (Å²) in [7, 11) is 0. The third kappa shape index (κ3) is 4.02. The van der Waals surface area contributed by atoms with E-state index in [1.165, 1.54) is 0 Å². The van der Waals surface area contributed by atoms with Crippen LogP contribution in [0.4, 0.5) is 17.6 Å². The molecule has 8 nitrogen and oxygen atoms in total. The van der Waals surface area contributed by atoms with Crippen molar-refractivity contribution in [2.45, 2.75) is 13.3 Å². The van der Waals surface area contributed by atoms with Crippen molar-refractivity contribution in [3.63, 3.8) is 0 Å². The smallest absolute Gasteiger partial charge is 0.323 e. The molecule has 108 valence electrons. The lowest BCUT2D eigenvalue weighted by Crippen LogP contribution is -2.13. The largest absolute Gasteiger partial charge is 0.463 e. The van der Waals surface area contributed by atoms with Gasteiger partial charge in [0, 0.05) is 5.69 Å². The number of aromatic nitrogens is 3. The Morgan fingerprint density at radius 3 is 2.81 bits per heavy atom. The van der Waals surface area contributed by atoms with Gasteiger partial charge in [0.25, 0.3) is 0 Å². The van der Waals surface area contributed by atoms with Crippen molar-refractivity contribution in [3.05, 3.63) is 29.8 Å². The van der Waals surface area contributed by atoms with Crippen LogP contribution in [-0.2, 0) is 0 Å². The molecule has 1 aromatic carbocycles. The number of nitrogens with two attached hydrogens (primary N) is 1. The van der Waals surface area contributed by atoms with E-state index in [0.717, 1.165) is 6.42 Å². The zero-order valence-electron chi connectivity index (χ0n) is 11.5. The van der Waals surface area contributed by atoms with Crippen molar-refractivity contribution < 1.29 is 4.74 Å². The molecule has 0 radical (unpaired) electrons. The molecule has 0 aliphatic carbocycles. The Bertz CT molecular complexity index is 653. The summed E-state index contributed by atoms with van der Waals surface area (Å²) in [5.41, 5.74) is 3.58. The summed E-state index contributed by atoms with van der Waals surface area (Å²) in [6.07, 6.45) is 0.837. The third-order valence-electron chi connectivity index (χ3n) is 2.43. The van der Waals surface area contributed by atoms with Gasteiger partial charge in [-0.3, -0.25) is 5.43 Å². The minimum absolute atomic E-state index is 0.179. The zero-order valence-corrected chi connectivity index (χ0v) is 11.5. The monoisotopic (exact) mass is 285 g/mol. The van der Waals surface area contributed by atoms with Crippen molar-refractivity contribution in [3.8, 4) is 12.1 Å². The first kappa shape index (κ1) is 14.5. The van der Waals surface area contributed by atoms with Crippen molar-refractivity contribution in [1.82, 2.24) is 15.0 Å². The molecule has 0 bridgehead atoms. The second kappa shape index (κ2) is 7.02. The first-order chi connectivity index (χ1) is 10.2. The van der Waals surface area contributed by atoms with Gasteiger partial charge in [0.05, 0.1) is 18.2 Å². The average Bonchev–Trinajstić information content (AvgIpc) is 2.52. The minimum atomic E-state index is 0.179. The number of nitriles is 1. The zero-order chi connectivity index (χ0) is 15.1. The molecule has 0 aliphatic heterocycles. The minimum Gasteiger partial charge on any atom is -0.463 e. The molecule has 0 unspecified atom stereocenters. The Morgan fingerprint density at radius 1 is 1.29 bits per heavy atom. The molecule has 0 amide bonds. The summed E-state index contributed by atoms with van der Waals surface area (Å²) in [6, 6.07) is 9.20. The molecule has 0 atom stereocenters. The van der Waals surface area contributed by atoms with Gasteiger partial charge in [0.1, 0.15) is 0 Å². The highest BCUT2D eigenvalue weighted by atomic mass is 16.5. The van der Waals surface area contributed by atoms with Gasteiger partial charge in [0.15, 0.2) is 0 Å². The Hall–Kier alpha value is -2.92. The van der Waals surface area contributed by atoms with Crippen LogP contribution in [0.3, 0.4) is 0 Å². The highest BCUT2D eigenvalue weighted by molar-refractivity contribution is 5.57. The Balaban J connectivity index is 2.23. The third-order valence-corrected chi connectivity index (χ3v) is 2.43. The summed E-state index contributed by atoms with van der Waals surface area (Å²) in [6.45, 7) is 2.48. The van der Waals surface area contributed by atoms with Crippen molar-refractivity contribution in [2.75, 3.05) is 17.3 Å². The standard InChI is InChI=1S/C13H15N7O/c1-2-6-21-13-18-11(17-12(19-13)20-15)16-10-5-3-4-9(7-10)8-14/h3-5,7H,2,6,15H2,1H3,(H2,16,17,18,19,20). The fourth-order valence-corrected chi connectivity index (χ4v) is 1.53. The number of nitrogens with one attached hydrogen (secondary N) is 2. The van der Waals surface area contributed by atoms with E-state index in [0.29, 0.717) is 17.9 Å². The maximum atomic E-state index is 8.89. The fraction of sp³-hybridized carbons (Fsp3) is 0.231. The molecule has 2 rings (SSSR count). The molecule has 1 aromatic heterocycles. The number of anilines is 3. The number of nitrogen functional groups attached to an aromatic ring is 1. The van der Waals surface area contributed by atoms with E-state index in [9.17, 15) is 0 Å². The number of ether oxygens (including phenoxy) is 1. The number of hydrogen-bond donors (Lipinski definition) is 3. The van der Waals surface area contributed by atoms with Gasteiger partial charge in [-0.25, -0.2) is 5.84 Å². The summed E-state index contributed by atoms with van der Waals surface area (Å²) >= 11 is 0. The summed E-state index contributed by atoms with van der Waals surface area (Å²) in [4.78, 5) is 12.2. The van der Waals surface area contributed by atoms with E-state index in [4.69, 9.17) is 15.8 Å². The molecule has 2 aromatic rings. The Kier molecular flexibility index (Phi) is 4.84. The molecule has 0 spiro atoms. The van der Waals surface area contributed by atoms with Crippen molar-refractivity contribution >= 4 is 17.6 Å². The second-order valence-corrected chi connectivity index (χ2v) is 4.08. The van der Waals surface area contributed by atoms with E-state index in [2.05, 4.69) is 31.8 Å². The van der Waals surface area contributed by atoms with Gasteiger partial charge >= 0.3 is 6.01 Å². The topological polar surface area (TPSA) is 122 Å². The summed E-state index contributed by atoms with van der Waals surface area (Å²) in [5.74, 6) is 5.79. The molecule has 0 saturated heterocycles. The fourth-order valence-electron chi connectivity index (χ4n) is 1.53. The molecule has 1 heterocycles. The Labute approximate surface area is 122 Å². The second-order valence-electron chi connectivity index (χ2n) is 4.08. The van der Waals surface area contributed by atoms with Crippen LogP contribution in [0.15, 0.2) is 24.3 Å². The van der Waals surface area contributed by atoms with Crippen LogP contribution in [-0.4, -0.2) is 21.6 Å². The van der Waals surface area contributed by atoms with Crippen LogP contribution in [0.25, 0.3) is 0 Å². The van der Waals surface area contributed by atoms with Gasteiger partial charge in [-0.15, -0.1) is 0 Å². The molecule has 0 aliphatic rings. The van der Waals surface area contributed by atoms with Crippen LogP contribution in [0.5, 0.6) is 6.01 Å². The number of benzene rings is 1. The molecular formula is C13H15N7O. The van der Waals surface area contributed by atoms with Crippen molar-refractivity contribution in [2.24, 2.45) is 5.84 Å². The molecule has 4 N–H and O–H groups in total. The average molecular weight is 285 g/mol. The highest BCUT2D eigenvalue weighted by Crippen LogP contribution is 2.17. The van der Waals surface area contributed by atoms with Gasteiger partial charge in [-0.2, -0.15) is 20.2 Å². The summed E-state index contributed by atoms with van der Waals surface area (Å²) < 4.78 is 5.37. The van der Waals surface area contributed by atoms with E-state index in [1.807, 2.05) is 6.92 Å². The van der Waals surface area contributed by atoms with Gasteiger partial charge in [-0.05, 0) is 24.6 Å². The Morgan fingerprint density at radius 2 is 2.10 bits per heavy atom. The molecular weight excluding hydrogens is 270 g/mol. The highest BCUT2D eigenvalue weighted by Gasteiger charge is 2.07. The van der Waals surface area contributed by atoms with Gasteiger partial charge in [-0.1, -0.05) is 13.0 Å². The lowest BCUT2D eigenvalue weighted by Gasteiger charge is -2.09. The predicted octanol–water partition coefficient (Wildman–Crippen LogP) is 1.56. The number of nitrogens with zero attached hydrogens (tertiary/aromatic N) is 4.